The largest absolute Gasteiger partial charge is 0.378 e. The van der Waals surface area contributed by atoms with Crippen molar-refractivity contribution >= 4 is 34.3 Å². The molecule has 2 rings (SSSR count). The average Bonchev–Trinajstić information content (AvgIpc) is 2.78. The van der Waals surface area contributed by atoms with Gasteiger partial charge in [-0.3, -0.25) is 0 Å². The molecule has 0 saturated carbocycles. The summed E-state index contributed by atoms with van der Waals surface area (Å²) in [5, 5.41) is 3.54. The maximum Gasteiger partial charge on any atom is 0.0932 e. The van der Waals surface area contributed by atoms with Crippen LogP contribution in [-0.2, 0) is 0 Å². The summed E-state index contributed by atoms with van der Waals surface area (Å²) in [4.78, 5) is 3.36. The van der Waals surface area contributed by atoms with E-state index in [1.54, 1.807) is 11.3 Å². The minimum Gasteiger partial charge on any atom is -0.378 e. The Hall–Kier alpha value is -1.19. The number of nitrogens with zero attached hydrogens (tertiary/aromatic N) is 1. The summed E-state index contributed by atoms with van der Waals surface area (Å²) in [6.07, 6.45) is 0. The SMILES string of the molecule is Cc1cc(N(C)C)ccc1NC(C)c1ccc(Cl)s1. The molecule has 1 heterocycles. The Morgan fingerprint density at radius 3 is 2.47 bits per heavy atom. The van der Waals surface area contributed by atoms with E-state index in [4.69, 9.17) is 11.6 Å². The number of hydrogen-bond acceptors (Lipinski definition) is 3. The van der Waals surface area contributed by atoms with Crippen molar-refractivity contribution in [3.63, 3.8) is 0 Å². The van der Waals surface area contributed by atoms with Crippen LogP contribution in [0.15, 0.2) is 30.3 Å². The molecule has 0 aliphatic rings. The molecular formula is C15H19ClN2S. The first-order valence-electron chi connectivity index (χ1n) is 6.27. The van der Waals surface area contributed by atoms with E-state index >= 15 is 0 Å². The maximum atomic E-state index is 5.98. The predicted octanol–water partition coefficient (Wildman–Crippen LogP) is 4.95. The lowest BCUT2D eigenvalue weighted by Crippen LogP contribution is -2.10. The van der Waals surface area contributed by atoms with E-state index in [1.807, 2.05) is 6.07 Å². The van der Waals surface area contributed by atoms with Gasteiger partial charge in [-0.2, -0.15) is 0 Å². The van der Waals surface area contributed by atoms with Crippen LogP contribution in [-0.4, -0.2) is 14.1 Å². The first-order chi connectivity index (χ1) is 8.97. The molecule has 1 atom stereocenters. The molecular weight excluding hydrogens is 276 g/mol. The van der Waals surface area contributed by atoms with Gasteiger partial charge in [0.05, 0.1) is 10.4 Å². The number of aryl methyl sites for hydroxylation is 1. The normalized spacial score (nSPS) is 12.3. The summed E-state index contributed by atoms with van der Waals surface area (Å²) in [6, 6.07) is 10.7. The number of halogens is 1. The number of anilines is 2. The van der Waals surface area contributed by atoms with Gasteiger partial charge in [0.1, 0.15) is 0 Å². The van der Waals surface area contributed by atoms with Crippen LogP contribution < -0.4 is 10.2 Å². The lowest BCUT2D eigenvalue weighted by molar-refractivity contribution is 0.905. The van der Waals surface area contributed by atoms with E-state index < -0.39 is 0 Å². The van der Waals surface area contributed by atoms with Gasteiger partial charge in [0.2, 0.25) is 0 Å². The van der Waals surface area contributed by atoms with Crippen LogP contribution in [0.5, 0.6) is 0 Å². The molecule has 0 saturated heterocycles. The van der Waals surface area contributed by atoms with Crippen molar-refractivity contribution < 1.29 is 0 Å². The second-order valence-electron chi connectivity index (χ2n) is 4.90. The quantitative estimate of drug-likeness (QED) is 0.858. The fourth-order valence-corrected chi connectivity index (χ4v) is 3.02. The summed E-state index contributed by atoms with van der Waals surface area (Å²) < 4.78 is 0.836. The van der Waals surface area contributed by atoms with Crippen molar-refractivity contribution in [2.24, 2.45) is 0 Å². The van der Waals surface area contributed by atoms with Crippen LogP contribution in [0.1, 0.15) is 23.4 Å². The Kier molecular flexibility index (Phi) is 4.38. The molecule has 4 heteroatoms. The van der Waals surface area contributed by atoms with Gasteiger partial charge >= 0.3 is 0 Å². The summed E-state index contributed by atoms with van der Waals surface area (Å²) in [6.45, 7) is 4.28. The fraction of sp³-hybridized carbons (Fsp3) is 0.333. The fourth-order valence-electron chi connectivity index (χ4n) is 1.95. The van der Waals surface area contributed by atoms with Gasteiger partial charge in [0.15, 0.2) is 0 Å². The molecule has 0 aliphatic heterocycles. The molecule has 19 heavy (non-hydrogen) atoms. The monoisotopic (exact) mass is 294 g/mol. The minimum atomic E-state index is 0.265. The molecule has 2 nitrogen and oxygen atoms in total. The van der Waals surface area contributed by atoms with Crippen molar-refractivity contribution in [2.45, 2.75) is 19.9 Å². The lowest BCUT2D eigenvalue weighted by Gasteiger charge is -2.19. The third-order valence-electron chi connectivity index (χ3n) is 3.12. The number of thiophene rings is 1. The van der Waals surface area contributed by atoms with Gasteiger partial charge in [-0.05, 0) is 49.7 Å². The summed E-state index contributed by atoms with van der Waals surface area (Å²) in [5.74, 6) is 0. The Labute approximate surface area is 124 Å². The summed E-state index contributed by atoms with van der Waals surface area (Å²) in [5.41, 5.74) is 3.64. The zero-order valence-corrected chi connectivity index (χ0v) is 13.3. The third kappa shape index (κ3) is 3.43. The Bertz CT molecular complexity index is 563. The summed E-state index contributed by atoms with van der Waals surface area (Å²) >= 11 is 7.60. The van der Waals surface area contributed by atoms with Gasteiger partial charge in [0, 0.05) is 30.3 Å². The number of benzene rings is 1. The molecule has 1 aromatic carbocycles. The van der Waals surface area contributed by atoms with Gasteiger partial charge in [-0.15, -0.1) is 11.3 Å². The average molecular weight is 295 g/mol. The van der Waals surface area contributed by atoms with E-state index in [1.165, 1.54) is 21.8 Å². The molecule has 0 aliphatic carbocycles. The van der Waals surface area contributed by atoms with E-state index in [0.717, 1.165) is 4.34 Å². The topological polar surface area (TPSA) is 15.3 Å². The van der Waals surface area contributed by atoms with Crippen LogP contribution in [0.2, 0.25) is 4.34 Å². The highest BCUT2D eigenvalue weighted by Gasteiger charge is 2.10. The molecule has 1 N–H and O–H groups in total. The van der Waals surface area contributed by atoms with Crippen molar-refractivity contribution in [1.82, 2.24) is 0 Å². The van der Waals surface area contributed by atoms with Gasteiger partial charge in [-0.1, -0.05) is 11.6 Å². The van der Waals surface area contributed by atoms with Crippen LogP contribution >= 0.6 is 22.9 Å². The van der Waals surface area contributed by atoms with Gasteiger partial charge < -0.3 is 10.2 Å². The highest BCUT2D eigenvalue weighted by atomic mass is 35.5. The number of hydrogen-bond donors (Lipinski definition) is 1. The first-order valence-corrected chi connectivity index (χ1v) is 7.46. The van der Waals surface area contributed by atoms with Crippen LogP contribution in [0, 0.1) is 6.92 Å². The molecule has 0 amide bonds. The Balaban J connectivity index is 2.15. The van der Waals surface area contributed by atoms with Crippen LogP contribution in [0.4, 0.5) is 11.4 Å². The predicted molar refractivity (Wildman–Crippen MR) is 86.9 cm³/mol. The highest BCUT2D eigenvalue weighted by Crippen LogP contribution is 2.30. The molecule has 0 fully saturated rings. The molecule has 1 unspecified atom stereocenters. The third-order valence-corrected chi connectivity index (χ3v) is 4.53. The lowest BCUT2D eigenvalue weighted by atomic mass is 10.1. The Morgan fingerprint density at radius 2 is 1.95 bits per heavy atom. The molecule has 1 aromatic heterocycles. The second kappa shape index (κ2) is 5.85. The Morgan fingerprint density at radius 1 is 1.21 bits per heavy atom. The molecule has 0 bridgehead atoms. The maximum absolute atomic E-state index is 5.98. The molecule has 2 aromatic rings. The first kappa shape index (κ1) is 14.2. The molecule has 102 valence electrons. The zero-order chi connectivity index (χ0) is 14.0. The highest BCUT2D eigenvalue weighted by molar-refractivity contribution is 7.16. The zero-order valence-electron chi connectivity index (χ0n) is 11.7. The second-order valence-corrected chi connectivity index (χ2v) is 6.65. The van der Waals surface area contributed by atoms with Crippen LogP contribution in [0.3, 0.4) is 0 Å². The minimum absolute atomic E-state index is 0.265. The smallest absolute Gasteiger partial charge is 0.0932 e. The molecule has 0 radical (unpaired) electrons. The standard InChI is InChI=1S/C15H19ClN2S/c1-10-9-12(18(3)4)5-6-13(10)17-11(2)14-7-8-15(16)19-14/h5-9,11,17H,1-4H3. The van der Waals surface area contributed by atoms with Crippen molar-refractivity contribution in [3.8, 4) is 0 Å². The van der Waals surface area contributed by atoms with Crippen LogP contribution in [0.25, 0.3) is 0 Å². The number of rotatable bonds is 4. The molecule has 0 spiro atoms. The van der Waals surface area contributed by atoms with E-state index in [0.29, 0.717) is 0 Å². The van der Waals surface area contributed by atoms with Gasteiger partial charge in [-0.25, -0.2) is 0 Å². The van der Waals surface area contributed by atoms with Gasteiger partial charge in [0.25, 0.3) is 0 Å². The number of nitrogens with one attached hydrogen (secondary N) is 1. The van der Waals surface area contributed by atoms with Crippen molar-refractivity contribution in [2.75, 3.05) is 24.3 Å². The van der Waals surface area contributed by atoms with E-state index in [-0.39, 0.29) is 6.04 Å². The van der Waals surface area contributed by atoms with Crippen molar-refractivity contribution in [3.05, 3.63) is 45.1 Å². The van der Waals surface area contributed by atoms with E-state index in [9.17, 15) is 0 Å². The van der Waals surface area contributed by atoms with Crippen molar-refractivity contribution in [1.29, 1.82) is 0 Å². The van der Waals surface area contributed by atoms with E-state index in [2.05, 4.69) is 62.4 Å². The summed E-state index contributed by atoms with van der Waals surface area (Å²) in [7, 11) is 4.11.